The summed E-state index contributed by atoms with van der Waals surface area (Å²) in [5, 5.41) is 9.89. The molecule has 0 spiro atoms. The van der Waals surface area contributed by atoms with Gasteiger partial charge in [0.05, 0.1) is 23.3 Å². The van der Waals surface area contributed by atoms with E-state index in [-0.39, 0.29) is 4.90 Å². The lowest BCUT2D eigenvalue weighted by Crippen LogP contribution is -2.14. The van der Waals surface area contributed by atoms with Crippen molar-refractivity contribution in [3.8, 4) is 0 Å². The molecule has 2 heterocycles. The number of hydrogen-bond acceptors (Lipinski definition) is 5. The fourth-order valence-electron chi connectivity index (χ4n) is 2.81. The zero-order valence-corrected chi connectivity index (χ0v) is 15.9. The first-order chi connectivity index (χ1) is 12.3. The fraction of sp³-hybridized carbons (Fsp3) is 0.222. The van der Waals surface area contributed by atoms with Crippen molar-refractivity contribution in [1.82, 2.24) is 15.2 Å². The van der Waals surface area contributed by atoms with Crippen molar-refractivity contribution in [2.45, 2.75) is 32.6 Å². The molecule has 0 unspecified atom stereocenters. The molecular formula is C18H21N5O2S. The largest absolute Gasteiger partial charge is 0.340 e. The zero-order valence-electron chi connectivity index (χ0n) is 15.1. The summed E-state index contributed by atoms with van der Waals surface area (Å²) in [4.78, 5) is 4.47. The molecule has 3 rings (SSSR count). The number of rotatable bonds is 5. The molecule has 136 valence electrons. The first-order valence-corrected chi connectivity index (χ1v) is 9.60. The Morgan fingerprint density at radius 3 is 2.23 bits per heavy atom. The molecule has 3 aromatic rings. The zero-order chi connectivity index (χ0) is 18.9. The Labute approximate surface area is 152 Å². The van der Waals surface area contributed by atoms with Crippen LogP contribution in [-0.4, -0.2) is 23.6 Å². The maximum atomic E-state index is 12.6. The van der Waals surface area contributed by atoms with Crippen molar-refractivity contribution in [3.05, 3.63) is 59.0 Å². The van der Waals surface area contributed by atoms with Crippen LogP contribution < -0.4 is 10.0 Å². The van der Waals surface area contributed by atoms with Crippen molar-refractivity contribution in [2.24, 2.45) is 0 Å². The third-order valence-corrected chi connectivity index (χ3v) is 5.72. The van der Waals surface area contributed by atoms with Gasteiger partial charge in [-0.2, -0.15) is 5.10 Å². The molecule has 2 aromatic heterocycles. The Morgan fingerprint density at radius 1 is 1.00 bits per heavy atom. The van der Waals surface area contributed by atoms with E-state index in [1.165, 1.54) is 6.20 Å². The summed E-state index contributed by atoms with van der Waals surface area (Å²) >= 11 is 0. The van der Waals surface area contributed by atoms with Gasteiger partial charge in [0.15, 0.2) is 0 Å². The van der Waals surface area contributed by atoms with E-state index >= 15 is 0 Å². The van der Waals surface area contributed by atoms with Crippen LogP contribution in [-0.2, 0) is 10.0 Å². The molecule has 0 bridgehead atoms. The monoisotopic (exact) mass is 371 g/mol. The fourth-order valence-corrected chi connectivity index (χ4v) is 4.23. The third-order valence-electron chi connectivity index (χ3n) is 4.08. The van der Waals surface area contributed by atoms with Crippen LogP contribution in [0.5, 0.6) is 0 Å². The van der Waals surface area contributed by atoms with Crippen molar-refractivity contribution < 1.29 is 8.42 Å². The van der Waals surface area contributed by atoms with Crippen molar-refractivity contribution >= 4 is 27.2 Å². The topological polar surface area (TPSA) is 99.8 Å². The number of nitrogens with one attached hydrogen (secondary N) is 3. The highest BCUT2D eigenvalue weighted by molar-refractivity contribution is 7.92. The number of aryl methyl sites for hydroxylation is 4. The van der Waals surface area contributed by atoms with E-state index in [2.05, 4.69) is 25.2 Å². The van der Waals surface area contributed by atoms with Crippen molar-refractivity contribution in [1.29, 1.82) is 0 Å². The van der Waals surface area contributed by atoms with Crippen LogP contribution in [0.1, 0.15) is 22.5 Å². The van der Waals surface area contributed by atoms with E-state index in [4.69, 9.17) is 0 Å². The molecule has 3 N–H and O–H groups in total. The third kappa shape index (κ3) is 3.55. The summed E-state index contributed by atoms with van der Waals surface area (Å²) in [7, 11) is -3.72. The maximum absolute atomic E-state index is 12.6. The Bertz CT molecular complexity index is 1000. The summed E-state index contributed by atoms with van der Waals surface area (Å²) in [6.07, 6.45) is 1.48. The van der Waals surface area contributed by atoms with Gasteiger partial charge in [-0.15, -0.1) is 0 Å². The lowest BCUT2D eigenvalue weighted by molar-refractivity contribution is 0.600. The first kappa shape index (κ1) is 17.9. The SMILES string of the molecule is Cc1cccc(C)c1Nc1ccc(NS(=O)(=O)c2c(C)n[nH]c2C)cn1. The highest BCUT2D eigenvalue weighted by atomic mass is 32.2. The molecule has 0 amide bonds. The number of anilines is 3. The Morgan fingerprint density at radius 2 is 1.69 bits per heavy atom. The van der Waals surface area contributed by atoms with Crippen LogP contribution in [0.2, 0.25) is 0 Å². The number of aromatic amines is 1. The summed E-state index contributed by atoms with van der Waals surface area (Å²) in [5.74, 6) is 0.640. The van der Waals surface area contributed by atoms with Gasteiger partial charge in [-0.3, -0.25) is 9.82 Å². The van der Waals surface area contributed by atoms with Gasteiger partial charge >= 0.3 is 0 Å². The summed E-state index contributed by atoms with van der Waals surface area (Å²) in [5.41, 5.74) is 4.53. The van der Waals surface area contributed by atoms with Gasteiger partial charge in [0.1, 0.15) is 10.7 Å². The molecule has 8 heteroatoms. The molecule has 0 aliphatic carbocycles. The van der Waals surface area contributed by atoms with Crippen molar-refractivity contribution in [3.63, 3.8) is 0 Å². The van der Waals surface area contributed by atoms with Gasteiger partial charge < -0.3 is 5.32 Å². The number of H-pyrrole nitrogens is 1. The van der Waals surface area contributed by atoms with Crippen LogP contribution >= 0.6 is 0 Å². The molecular weight excluding hydrogens is 350 g/mol. The highest BCUT2D eigenvalue weighted by Gasteiger charge is 2.22. The van der Waals surface area contributed by atoms with Crippen LogP contribution in [0.3, 0.4) is 0 Å². The maximum Gasteiger partial charge on any atom is 0.265 e. The second-order valence-corrected chi connectivity index (χ2v) is 7.81. The number of benzene rings is 1. The van der Waals surface area contributed by atoms with Gasteiger partial charge in [0.2, 0.25) is 0 Å². The average Bonchev–Trinajstić information content (AvgIpc) is 2.92. The normalized spacial score (nSPS) is 11.4. The molecule has 0 aliphatic heterocycles. The molecule has 0 atom stereocenters. The van der Waals surface area contributed by atoms with Crippen LogP contribution in [0.15, 0.2) is 41.4 Å². The van der Waals surface area contributed by atoms with Gasteiger partial charge in [0, 0.05) is 5.69 Å². The minimum atomic E-state index is -3.72. The quantitative estimate of drug-likeness (QED) is 0.636. The summed E-state index contributed by atoms with van der Waals surface area (Å²) in [6, 6.07) is 9.45. The standard InChI is InChI=1S/C18H21N5O2S/c1-11-6-5-7-12(2)17(11)20-16-9-8-15(10-19-16)23-26(24,25)18-13(3)21-22-14(18)4/h5-10,23H,1-4H3,(H,19,20)(H,21,22). The average molecular weight is 371 g/mol. The van der Waals surface area contributed by atoms with Gasteiger partial charge in [-0.1, -0.05) is 18.2 Å². The lowest BCUT2D eigenvalue weighted by atomic mass is 10.1. The molecule has 26 heavy (non-hydrogen) atoms. The van der Waals surface area contributed by atoms with E-state index in [9.17, 15) is 8.42 Å². The first-order valence-electron chi connectivity index (χ1n) is 8.11. The number of pyridine rings is 1. The molecule has 0 radical (unpaired) electrons. The smallest absolute Gasteiger partial charge is 0.265 e. The van der Waals surface area contributed by atoms with E-state index in [1.54, 1.807) is 26.0 Å². The minimum absolute atomic E-state index is 0.162. The summed E-state index contributed by atoms with van der Waals surface area (Å²) < 4.78 is 27.6. The molecule has 1 aromatic carbocycles. The number of sulfonamides is 1. The number of para-hydroxylation sites is 1. The van der Waals surface area contributed by atoms with Gasteiger partial charge in [0.25, 0.3) is 10.0 Å². The van der Waals surface area contributed by atoms with Crippen molar-refractivity contribution in [2.75, 3.05) is 10.0 Å². The Kier molecular flexibility index (Phi) is 4.69. The summed E-state index contributed by atoms with van der Waals surface area (Å²) in [6.45, 7) is 7.36. The predicted octanol–water partition coefficient (Wildman–Crippen LogP) is 3.58. The number of hydrogen-bond donors (Lipinski definition) is 3. The van der Waals surface area contributed by atoms with Crippen LogP contribution in [0, 0.1) is 27.7 Å². The molecule has 0 saturated heterocycles. The number of nitrogens with zero attached hydrogens (tertiary/aromatic N) is 2. The molecule has 0 fully saturated rings. The Hall–Kier alpha value is -2.87. The molecule has 7 nitrogen and oxygen atoms in total. The van der Waals surface area contributed by atoms with Crippen LogP contribution in [0.4, 0.5) is 17.2 Å². The van der Waals surface area contributed by atoms with E-state index < -0.39 is 10.0 Å². The van der Waals surface area contributed by atoms with E-state index in [1.807, 2.05) is 32.0 Å². The molecule has 0 aliphatic rings. The van der Waals surface area contributed by atoms with Gasteiger partial charge in [-0.05, 0) is 51.0 Å². The predicted molar refractivity (Wildman–Crippen MR) is 102 cm³/mol. The second-order valence-electron chi connectivity index (χ2n) is 6.19. The second kappa shape index (κ2) is 6.80. The number of aromatic nitrogens is 3. The molecule has 0 saturated carbocycles. The van der Waals surface area contributed by atoms with E-state index in [0.29, 0.717) is 22.9 Å². The highest BCUT2D eigenvalue weighted by Crippen LogP contribution is 2.25. The lowest BCUT2D eigenvalue weighted by Gasteiger charge is -2.13. The van der Waals surface area contributed by atoms with E-state index in [0.717, 1.165) is 16.8 Å². The Balaban J connectivity index is 1.80. The van der Waals surface area contributed by atoms with Crippen LogP contribution in [0.25, 0.3) is 0 Å². The minimum Gasteiger partial charge on any atom is -0.340 e. The van der Waals surface area contributed by atoms with Gasteiger partial charge in [-0.25, -0.2) is 13.4 Å².